The number of Topliss-reactive ketones (excluding diaryl/α,β-unsaturated/α-hetero) is 1. The third kappa shape index (κ3) is 2.39. The molecule has 0 radical (unpaired) electrons. The molecule has 0 saturated heterocycles. The van der Waals surface area contributed by atoms with E-state index in [1.165, 1.54) is 19.1 Å². The van der Waals surface area contributed by atoms with E-state index in [0.717, 1.165) is 0 Å². The van der Waals surface area contributed by atoms with Crippen molar-refractivity contribution in [2.24, 2.45) is 0 Å². The van der Waals surface area contributed by atoms with E-state index in [1.807, 2.05) is 0 Å². The highest BCUT2D eigenvalue weighted by Crippen LogP contribution is 2.21. The average Bonchev–Trinajstić information content (AvgIpc) is 2.18. The Morgan fingerprint density at radius 1 is 1.60 bits per heavy atom. The molecule has 0 aliphatic carbocycles. The molecule has 2 N–H and O–H groups in total. The maximum absolute atomic E-state index is 11.1. The fraction of sp³-hybridized carbons (Fsp3) is 0.200. The predicted octanol–water partition coefficient (Wildman–Crippen LogP) is 0.286. The lowest BCUT2D eigenvalue weighted by Gasteiger charge is -2.16. The first kappa shape index (κ1) is 11.3. The monoisotopic (exact) mass is 206 g/mol. The quantitative estimate of drug-likeness (QED) is 0.695. The minimum atomic E-state index is -1.13. The summed E-state index contributed by atoms with van der Waals surface area (Å²) in [5.41, 5.74) is 0.249. The molecule has 0 fully saturated rings. The van der Waals surface area contributed by atoms with Crippen molar-refractivity contribution in [3.05, 3.63) is 35.0 Å². The van der Waals surface area contributed by atoms with Gasteiger partial charge in [0, 0.05) is 11.6 Å². The second-order valence-corrected chi connectivity index (χ2v) is 3.07. The number of rotatable bonds is 3. The molecule has 0 aliphatic rings. The van der Waals surface area contributed by atoms with Gasteiger partial charge in [0.1, 0.15) is 5.92 Å². The van der Waals surface area contributed by atoms with Crippen LogP contribution >= 0.6 is 0 Å². The normalized spacial score (nSPS) is 14.0. The Labute approximate surface area is 86.7 Å². The zero-order valence-electron chi connectivity index (χ0n) is 8.10. The topological polar surface area (TPSA) is 88.6 Å². The Kier molecular flexibility index (Phi) is 3.52. The second-order valence-electron chi connectivity index (χ2n) is 3.07. The Balaban J connectivity index is 3.24. The highest BCUT2D eigenvalue weighted by atomic mass is 16.8. The summed E-state index contributed by atoms with van der Waals surface area (Å²) in [5, 5.41) is 27.4. The number of nitriles is 1. The summed E-state index contributed by atoms with van der Waals surface area (Å²) in [6, 6.07) is 7.83. The molecule has 2 atom stereocenters. The zero-order chi connectivity index (χ0) is 11.4. The van der Waals surface area contributed by atoms with Crippen molar-refractivity contribution in [3.8, 4) is 6.07 Å². The molecule has 0 heterocycles. The summed E-state index contributed by atoms with van der Waals surface area (Å²) in [4.78, 5) is 11.1. The van der Waals surface area contributed by atoms with Crippen LogP contribution in [0.5, 0.6) is 0 Å². The average molecular weight is 206 g/mol. The predicted molar refractivity (Wildman–Crippen MR) is 51.3 cm³/mol. The van der Waals surface area contributed by atoms with Crippen LogP contribution in [0.1, 0.15) is 18.4 Å². The second kappa shape index (κ2) is 4.66. The molecule has 1 aromatic carbocycles. The summed E-state index contributed by atoms with van der Waals surface area (Å²) in [5.74, 6) is -1.36. The van der Waals surface area contributed by atoms with Gasteiger partial charge in [0.05, 0.1) is 6.07 Å². The summed E-state index contributed by atoms with van der Waals surface area (Å²) in [6.45, 7) is 1.27. The van der Waals surface area contributed by atoms with E-state index < -0.39 is 11.1 Å². The molecule has 5 nitrogen and oxygen atoms in total. The van der Waals surface area contributed by atoms with Crippen LogP contribution in [0.2, 0.25) is 0 Å². The molecule has 0 bridgehead atoms. The maximum Gasteiger partial charge on any atom is 0.168 e. The van der Waals surface area contributed by atoms with Gasteiger partial charge < -0.3 is 5.21 Å². The first-order valence-corrected chi connectivity index (χ1v) is 4.30. The fourth-order valence-corrected chi connectivity index (χ4v) is 1.32. The van der Waals surface area contributed by atoms with Gasteiger partial charge in [-0.05, 0) is 6.92 Å². The van der Waals surface area contributed by atoms with Gasteiger partial charge in [-0.2, -0.15) is 10.5 Å². The Morgan fingerprint density at radius 2 is 2.20 bits per heavy atom. The number of ketones is 1. The number of quaternary nitrogens is 1. The minimum absolute atomic E-state index is 0.000694. The number of carbonyl (C=O) groups is 1. The van der Waals surface area contributed by atoms with E-state index in [1.54, 1.807) is 18.2 Å². The molecule has 0 aliphatic heterocycles. The number of para-hydroxylation sites is 1. The van der Waals surface area contributed by atoms with Crippen LogP contribution in [0.15, 0.2) is 24.3 Å². The van der Waals surface area contributed by atoms with E-state index in [9.17, 15) is 10.0 Å². The number of nitrogens with zero attached hydrogens (tertiary/aromatic N) is 1. The summed E-state index contributed by atoms with van der Waals surface area (Å²) < 4.78 is 0. The fourth-order valence-electron chi connectivity index (χ4n) is 1.32. The molecule has 78 valence electrons. The van der Waals surface area contributed by atoms with Crippen molar-refractivity contribution in [1.82, 2.24) is 0 Å². The SMILES string of the molecule is CC(=O)[C@@H](C#N)c1ccccc1[NH+]([O-])O. The van der Waals surface area contributed by atoms with Gasteiger partial charge in [-0.1, -0.05) is 18.2 Å². The van der Waals surface area contributed by atoms with Crippen molar-refractivity contribution in [3.63, 3.8) is 0 Å². The van der Waals surface area contributed by atoms with E-state index in [2.05, 4.69) is 0 Å². The summed E-state index contributed by atoms with van der Waals surface area (Å²) in [6.07, 6.45) is 0. The van der Waals surface area contributed by atoms with E-state index in [4.69, 9.17) is 10.5 Å². The summed E-state index contributed by atoms with van der Waals surface area (Å²) in [7, 11) is 0. The lowest BCUT2D eigenvalue weighted by atomic mass is 9.95. The third-order valence-corrected chi connectivity index (χ3v) is 2.04. The van der Waals surface area contributed by atoms with Crippen LogP contribution < -0.4 is 5.23 Å². The molecular weight excluding hydrogens is 196 g/mol. The number of benzene rings is 1. The van der Waals surface area contributed by atoms with Gasteiger partial charge in [-0.3, -0.25) is 4.79 Å². The van der Waals surface area contributed by atoms with Crippen molar-refractivity contribution in [2.45, 2.75) is 12.8 Å². The van der Waals surface area contributed by atoms with Crippen molar-refractivity contribution in [1.29, 1.82) is 5.26 Å². The lowest BCUT2D eigenvalue weighted by Crippen LogP contribution is -2.99. The highest BCUT2D eigenvalue weighted by molar-refractivity contribution is 5.87. The van der Waals surface area contributed by atoms with Gasteiger partial charge in [-0.25, -0.2) is 5.21 Å². The number of hydrogen-bond acceptors (Lipinski definition) is 4. The number of nitrogens with one attached hydrogen (secondary N) is 1. The summed E-state index contributed by atoms with van der Waals surface area (Å²) >= 11 is 0. The Bertz CT molecular complexity index is 409. The minimum Gasteiger partial charge on any atom is -0.595 e. The van der Waals surface area contributed by atoms with Crippen LogP contribution in [0, 0.1) is 16.5 Å². The van der Waals surface area contributed by atoms with Crippen molar-refractivity contribution in [2.75, 3.05) is 0 Å². The van der Waals surface area contributed by atoms with Gasteiger partial charge in [-0.15, -0.1) is 0 Å². The van der Waals surface area contributed by atoms with Crippen LogP contribution in [0.4, 0.5) is 5.69 Å². The molecule has 0 aromatic heterocycles. The third-order valence-electron chi connectivity index (χ3n) is 2.04. The van der Waals surface area contributed by atoms with Crippen LogP contribution in [0.3, 0.4) is 0 Å². The molecule has 5 heteroatoms. The van der Waals surface area contributed by atoms with Crippen LogP contribution in [-0.2, 0) is 4.79 Å². The standard InChI is InChI=1S/C10H10N2O3/c1-7(13)9(6-11)8-4-2-3-5-10(8)12(14)15/h2-5,9,12,14H,1H3/t9-/m1/s1. The van der Waals surface area contributed by atoms with E-state index in [-0.39, 0.29) is 17.0 Å². The maximum atomic E-state index is 11.1. The zero-order valence-corrected chi connectivity index (χ0v) is 8.10. The number of hydrogen-bond donors (Lipinski definition) is 2. The first-order chi connectivity index (χ1) is 7.07. The highest BCUT2D eigenvalue weighted by Gasteiger charge is 2.22. The molecule has 0 amide bonds. The van der Waals surface area contributed by atoms with Gasteiger partial charge in [0.15, 0.2) is 11.5 Å². The van der Waals surface area contributed by atoms with Gasteiger partial charge >= 0.3 is 0 Å². The first-order valence-electron chi connectivity index (χ1n) is 4.30. The van der Waals surface area contributed by atoms with Crippen molar-refractivity contribution < 1.29 is 15.2 Å². The Hall–Kier alpha value is -1.74. The van der Waals surface area contributed by atoms with Crippen LogP contribution in [0.25, 0.3) is 0 Å². The molecule has 15 heavy (non-hydrogen) atoms. The largest absolute Gasteiger partial charge is 0.595 e. The molecule has 0 spiro atoms. The van der Waals surface area contributed by atoms with Gasteiger partial charge in [0.25, 0.3) is 0 Å². The smallest absolute Gasteiger partial charge is 0.168 e. The van der Waals surface area contributed by atoms with Crippen LogP contribution in [-0.4, -0.2) is 11.0 Å². The molecule has 1 unspecified atom stereocenters. The molecule has 1 rings (SSSR count). The van der Waals surface area contributed by atoms with Crippen molar-refractivity contribution >= 4 is 11.5 Å². The molecular formula is C10H10N2O3. The molecule has 1 aromatic rings. The lowest BCUT2D eigenvalue weighted by molar-refractivity contribution is -0.991. The number of carbonyl (C=O) groups excluding carboxylic acids is 1. The molecule has 0 saturated carbocycles. The van der Waals surface area contributed by atoms with Gasteiger partial charge in [0.2, 0.25) is 0 Å². The van der Waals surface area contributed by atoms with E-state index in [0.29, 0.717) is 0 Å². The Morgan fingerprint density at radius 3 is 2.67 bits per heavy atom. The van der Waals surface area contributed by atoms with E-state index >= 15 is 0 Å².